The molecular formula is C15H17NO. The molecule has 0 heterocycles. The maximum Gasteiger partial charge on any atom is 0.169 e. The van der Waals surface area contributed by atoms with Crippen molar-refractivity contribution < 1.29 is 4.74 Å². The quantitative estimate of drug-likeness (QED) is 0.741. The van der Waals surface area contributed by atoms with Crippen LogP contribution < -0.4 is 9.64 Å². The first kappa shape index (κ1) is 11.5. The minimum atomic E-state index is -0.000185. The molecule has 88 valence electrons. The molecule has 0 aliphatic heterocycles. The van der Waals surface area contributed by atoms with Gasteiger partial charge in [0, 0.05) is 12.7 Å². The third kappa shape index (κ3) is 3.00. The molecule has 0 saturated heterocycles. The van der Waals surface area contributed by atoms with Gasteiger partial charge in [-0.05, 0) is 31.2 Å². The van der Waals surface area contributed by atoms with Crippen LogP contribution in [-0.2, 0) is 0 Å². The predicted octanol–water partition coefficient (Wildman–Crippen LogP) is 3.55. The van der Waals surface area contributed by atoms with Crippen LogP contribution in [0.2, 0.25) is 0 Å². The highest BCUT2D eigenvalue weighted by molar-refractivity contribution is 5.45. The largest absolute Gasteiger partial charge is 0.471 e. The maximum absolute atomic E-state index is 5.86. The molecule has 2 aromatic rings. The molecule has 0 fully saturated rings. The van der Waals surface area contributed by atoms with Crippen molar-refractivity contribution in [2.24, 2.45) is 0 Å². The second-order valence-corrected chi connectivity index (χ2v) is 3.98. The van der Waals surface area contributed by atoms with Crippen molar-refractivity contribution in [2.75, 3.05) is 11.9 Å². The van der Waals surface area contributed by atoms with Crippen LogP contribution in [0.25, 0.3) is 0 Å². The molecule has 0 N–H and O–H groups in total. The van der Waals surface area contributed by atoms with E-state index in [2.05, 4.69) is 17.0 Å². The highest BCUT2D eigenvalue weighted by atomic mass is 16.5. The summed E-state index contributed by atoms with van der Waals surface area (Å²) in [4.78, 5) is 2.10. The van der Waals surface area contributed by atoms with Crippen molar-refractivity contribution in [3.8, 4) is 5.75 Å². The van der Waals surface area contributed by atoms with Crippen LogP contribution >= 0.6 is 0 Å². The summed E-state index contributed by atoms with van der Waals surface area (Å²) >= 11 is 0. The first-order chi connectivity index (χ1) is 8.27. The zero-order chi connectivity index (χ0) is 12.1. The Hall–Kier alpha value is -1.96. The van der Waals surface area contributed by atoms with Crippen molar-refractivity contribution in [3.05, 3.63) is 60.7 Å². The smallest absolute Gasteiger partial charge is 0.169 e. The highest BCUT2D eigenvalue weighted by Crippen LogP contribution is 2.17. The molecule has 0 amide bonds. The van der Waals surface area contributed by atoms with Gasteiger partial charge in [0.15, 0.2) is 6.23 Å². The van der Waals surface area contributed by atoms with E-state index in [4.69, 9.17) is 4.74 Å². The van der Waals surface area contributed by atoms with Crippen LogP contribution in [-0.4, -0.2) is 13.3 Å². The molecule has 2 heteroatoms. The molecule has 0 aromatic heterocycles. The minimum Gasteiger partial charge on any atom is -0.471 e. The molecule has 0 aliphatic rings. The summed E-state index contributed by atoms with van der Waals surface area (Å²) in [6.07, 6.45) is -0.000185. The van der Waals surface area contributed by atoms with E-state index in [0.29, 0.717) is 0 Å². The van der Waals surface area contributed by atoms with Gasteiger partial charge in [-0.3, -0.25) is 0 Å². The van der Waals surface area contributed by atoms with Gasteiger partial charge in [-0.2, -0.15) is 0 Å². The lowest BCUT2D eigenvalue weighted by atomic mass is 10.3. The number of hydrogen-bond acceptors (Lipinski definition) is 2. The number of para-hydroxylation sites is 2. The fourth-order valence-electron chi connectivity index (χ4n) is 1.65. The Labute approximate surface area is 102 Å². The van der Waals surface area contributed by atoms with Crippen LogP contribution in [0.3, 0.4) is 0 Å². The zero-order valence-electron chi connectivity index (χ0n) is 10.2. The van der Waals surface area contributed by atoms with E-state index in [1.807, 2.05) is 62.5 Å². The molecular weight excluding hydrogens is 210 g/mol. The SMILES string of the molecule is CC(Oc1ccccc1)N(C)c1ccccc1. The van der Waals surface area contributed by atoms with Gasteiger partial charge >= 0.3 is 0 Å². The fraction of sp³-hybridized carbons (Fsp3) is 0.200. The van der Waals surface area contributed by atoms with Crippen molar-refractivity contribution in [1.82, 2.24) is 0 Å². The summed E-state index contributed by atoms with van der Waals surface area (Å²) in [5.74, 6) is 0.891. The lowest BCUT2D eigenvalue weighted by molar-refractivity contribution is 0.222. The van der Waals surface area contributed by atoms with Gasteiger partial charge in [-0.15, -0.1) is 0 Å². The van der Waals surface area contributed by atoms with Gasteiger partial charge in [0.25, 0.3) is 0 Å². The summed E-state index contributed by atoms with van der Waals surface area (Å²) in [7, 11) is 2.03. The monoisotopic (exact) mass is 227 g/mol. The van der Waals surface area contributed by atoms with E-state index >= 15 is 0 Å². The van der Waals surface area contributed by atoms with Crippen LogP contribution in [0.1, 0.15) is 6.92 Å². The molecule has 2 rings (SSSR count). The average molecular weight is 227 g/mol. The van der Waals surface area contributed by atoms with Crippen molar-refractivity contribution in [2.45, 2.75) is 13.2 Å². The molecule has 1 atom stereocenters. The Morgan fingerprint density at radius 1 is 0.882 bits per heavy atom. The van der Waals surface area contributed by atoms with Gasteiger partial charge in [-0.1, -0.05) is 36.4 Å². The molecule has 0 aliphatic carbocycles. The van der Waals surface area contributed by atoms with Crippen LogP contribution in [0.5, 0.6) is 5.75 Å². The lowest BCUT2D eigenvalue weighted by Crippen LogP contribution is -2.33. The van der Waals surface area contributed by atoms with Gasteiger partial charge < -0.3 is 9.64 Å². The topological polar surface area (TPSA) is 12.5 Å². The summed E-state index contributed by atoms with van der Waals surface area (Å²) in [5, 5.41) is 0. The summed E-state index contributed by atoms with van der Waals surface area (Å²) in [6.45, 7) is 2.04. The standard InChI is InChI=1S/C15H17NO/c1-13(17-15-11-7-4-8-12-15)16(2)14-9-5-3-6-10-14/h3-13H,1-2H3. The molecule has 0 radical (unpaired) electrons. The van der Waals surface area contributed by atoms with E-state index in [1.165, 1.54) is 0 Å². The molecule has 0 saturated carbocycles. The highest BCUT2D eigenvalue weighted by Gasteiger charge is 2.10. The second kappa shape index (κ2) is 5.39. The molecule has 0 bridgehead atoms. The van der Waals surface area contributed by atoms with Crippen molar-refractivity contribution in [3.63, 3.8) is 0 Å². The predicted molar refractivity (Wildman–Crippen MR) is 71.4 cm³/mol. The molecule has 2 aromatic carbocycles. The van der Waals surface area contributed by atoms with Crippen LogP contribution in [0.4, 0.5) is 5.69 Å². The number of benzene rings is 2. The first-order valence-corrected chi connectivity index (χ1v) is 5.77. The number of rotatable bonds is 4. The summed E-state index contributed by atoms with van der Waals surface area (Å²) in [5.41, 5.74) is 1.15. The Morgan fingerprint density at radius 3 is 2.00 bits per heavy atom. The van der Waals surface area contributed by atoms with Gasteiger partial charge in [0.2, 0.25) is 0 Å². The maximum atomic E-state index is 5.86. The molecule has 17 heavy (non-hydrogen) atoms. The van der Waals surface area contributed by atoms with E-state index in [9.17, 15) is 0 Å². The van der Waals surface area contributed by atoms with Gasteiger partial charge in [-0.25, -0.2) is 0 Å². The first-order valence-electron chi connectivity index (χ1n) is 5.77. The fourth-order valence-corrected chi connectivity index (χ4v) is 1.65. The van der Waals surface area contributed by atoms with Crippen molar-refractivity contribution in [1.29, 1.82) is 0 Å². The Morgan fingerprint density at radius 2 is 1.41 bits per heavy atom. The number of hydrogen-bond donors (Lipinski definition) is 0. The third-order valence-corrected chi connectivity index (χ3v) is 2.76. The van der Waals surface area contributed by atoms with E-state index < -0.39 is 0 Å². The molecule has 0 spiro atoms. The zero-order valence-corrected chi connectivity index (χ0v) is 10.2. The number of anilines is 1. The second-order valence-electron chi connectivity index (χ2n) is 3.98. The minimum absolute atomic E-state index is 0.000185. The van der Waals surface area contributed by atoms with Crippen LogP contribution in [0, 0.1) is 0 Å². The van der Waals surface area contributed by atoms with E-state index in [-0.39, 0.29) is 6.23 Å². The van der Waals surface area contributed by atoms with Crippen LogP contribution in [0.15, 0.2) is 60.7 Å². The number of nitrogens with zero attached hydrogens (tertiary/aromatic N) is 1. The number of ether oxygens (including phenoxy) is 1. The van der Waals surface area contributed by atoms with E-state index in [0.717, 1.165) is 11.4 Å². The molecule has 1 unspecified atom stereocenters. The Bertz CT molecular complexity index is 441. The van der Waals surface area contributed by atoms with Gasteiger partial charge in [0.1, 0.15) is 5.75 Å². The Kier molecular flexibility index (Phi) is 3.66. The van der Waals surface area contributed by atoms with Crippen molar-refractivity contribution >= 4 is 5.69 Å². The lowest BCUT2D eigenvalue weighted by Gasteiger charge is -2.27. The molecule has 2 nitrogen and oxygen atoms in total. The average Bonchev–Trinajstić information content (AvgIpc) is 2.40. The Balaban J connectivity index is 2.03. The third-order valence-electron chi connectivity index (χ3n) is 2.76. The normalized spacial score (nSPS) is 11.9. The van der Waals surface area contributed by atoms with Gasteiger partial charge in [0.05, 0.1) is 0 Å². The van der Waals surface area contributed by atoms with E-state index in [1.54, 1.807) is 0 Å². The summed E-state index contributed by atoms with van der Waals surface area (Å²) in [6, 6.07) is 20.1. The summed E-state index contributed by atoms with van der Waals surface area (Å²) < 4.78 is 5.86.